The number of aryl methyl sites for hydroxylation is 1. The molecule has 0 aromatic heterocycles. The van der Waals surface area contributed by atoms with Gasteiger partial charge in [-0.05, 0) is 12.0 Å². The van der Waals surface area contributed by atoms with Crippen LogP contribution in [0.15, 0.2) is 30.3 Å². The fraction of sp³-hybridized carbons (Fsp3) is 0.400. The third kappa shape index (κ3) is 3.85. The monoisotopic (exact) mass is 248 g/mol. The molecule has 0 aliphatic heterocycles. The minimum Gasteiger partial charge on any atom is -0.206 e. The second-order valence-corrected chi connectivity index (χ2v) is 3.54. The summed E-state index contributed by atoms with van der Waals surface area (Å²) < 4.78 is 25.6. The molecule has 0 aliphatic rings. The summed E-state index contributed by atoms with van der Waals surface area (Å²) in [6.07, 6.45) is 0.335. The van der Waals surface area contributed by atoms with Gasteiger partial charge in [-0.15, -0.1) is 0 Å². The molecule has 1 aromatic rings. The molecule has 0 atom stereocenters. The van der Waals surface area contributed by atoms with Gasteiger partial charge in [0.2, 0.25) is 0 Å². The van der Waals surface area contributed by atoms with Crippen molar-refractivity contribution in [2.24, 2.45) is 0 Å². The van der Waals surface area contributed by atoms with Crippen LogP contribution in [0.5, 0.6) is 0 Å². The van der Waals surface area contributed by atoms with Gasteiger partial charge in [-0.2, -0.15) is 0 Å². The summed E-state index contributed by atoms with van der Waals surface area (Å²) >= 11 is 2.79. The molecule has 0 amide bonds. The summed E-state index contributed by atoms with van der Waals surface area (Å²) in [5.41, 5.74) is 0.961. The molecule has 0 saturated heterocycles. The minimum absolute atomic E-state index is 0.0950. The molecule has 72 valence electrons. The van der Waals surface area contributed by atoms with Crippen molar-refractivity contribution in [1.82, 2.24) is 0 Å². The molecule has 0 heterocycles. The van der Waals surface area contributed by atoms with Crippen molar-refractivity contribution < 1.29 is 8.78 Å². The van der Waals surface area contributed by atoms with Crippen molar-refractivity contribution in [2.45, 2.75) is 18.8 Å². The van der Waals surface area contributed by atoms with Crippen LogP contribution < -0.4 is 0 Å². The van der Waals surface area contributed by atoms with E-state index >= 15 is 0 Å². The highest BCUT2D eigenvalue weighted by Gasteiger charge is 2.26. The summed E-state index contributed by atoms with van der Waals surface area (Å²) in [6, 6.07) is 9.34. The van der Waals surface area contributed by atoms with Crippen molar-refractivity contribution in [1.29, 1.82) is 0 Å². The molecule has 0 saturated carbocycles. The van der Waals surface area contributed by atoms with E-state index in [4.69, 9.17) is 0 Å². The molecule has 1 rings (SSSR count). The zero-order chi connectivity index (χ0) is 9.73. The molecular formula is C10H11BrF2. The van der Waals surface area contributed by atoms with E-state index in [1.165, 1.54) is 0 Å². The van der Waals surface area contributed by atoms with E-state index in [1.54, 1.807) is 0 Å². The quantitative estimate of drug-likeness (QED) is 0.714. The Morgan fingerprint density at radius 3 is 2.31 bits per heavy atom. The van der Waals surface area contributed by atoms with Crippen LogP contribution in [0.25, 0.3) is 0 Å². The Kier molecular flexibility index (Phi) is 3.85. The number of rotatable bonds is 4. The number of halogens is 3. The van der Waals surface area contributed by atoms with E-state index in [0.29, 0.717) is 6.42 Å². The molecule has 0 N–H and O–H groups in total. The lowest BCUT2D eigenvalue weighted by molar-refractivity contribution is 0.0200. The van der Waals surface area contributed by atoms with E-state index in [1.807, 2.05) is 30.3 Å². The Morgan fingerprint density at radius 1 is 1.15 bits per heavy atom. The highest BCUT2D eigenvalue weighted by atomic mass is 79.9. The fourth-order valence-corrected chi connectivity index (χ4v) is 1.32. The van der Waals surface area contributed by atoms with Crippen LogP contribution in [-0.2, 0) is 6.42 Å². The SMILES string of the molecule is FC(F)(CBr)CCc1ccccc1. The second kappa shape index (κ2) is 4.70. The van der Waals surface area contributed by atoms with E-state index in [2.05, 4.69) is 15.9 Å². The van der Waals surface area contributed by atoms with Crippen LogP contribution in [0.3, 0.4) is 0 Å². The van der Waals surface area contributed by atoms with Crippen LogP contribution in [0, 0.1) is 0 Å². The molecule has 0 unspecified atom stereocenters. The molecule has 13 heavy (non-hydrogen) atoms. The zero-order valence-corrected chi connectivity index (χ0v) is 8.73. The van der Waals surface area contributed by atoms with Crippen molar-refractivity contribution in [3.8, 4) is 0 Å². The minimum atomic E-state index is -2.59. The lowest BCUT2D eigenvalue weighted by Crippen LogP contribution is -2.18. The van der Waals surface area contributed by atoms with Crippen LogP contribution >= 0.6 is 15.9 Å². The van der Waals surface area contributed by atoms with Crippen molar-refractivity contribution in [3.63, 3.8) is 0 Å². The molecule has 0 nitrogen and oxygen atoms in total. The number of hydrogen-bond acceptors (Lipinski definition) is 0. The first-order valence-corrected chi connectivity index (χ1v) is 5.24. The lowest BCUT2D eigenvalue weighted by atomic mass is 10.1. The van der Waals surface area contributed by atoms with Gasteiger partial charge in [0.15, 0.2) is 0 Å². The lowest BCUT2D eigenvalue weighted by Gasteiger charge is -2.12. The van der Waals surface area contributed by atoms with Crippen molar-refractivity contribution >= 4 is 15.9 Å². The van der Waals surface area contributed by atoms with Gasteiger partial charge >= 0.3 is 0 Å². The fourth-order valence-electron chi connectivity index (χ4n) is 1.04. The van der Waals surface area contributed by atoms with Crippen LogP contribution in [0.4, 0.5) is 8.78 Å². The Bertz CT molecular complexity index is 246. The first-order valence-electron chi connectivity index (χ1n) is 4.12. The van der Waals surface area contributed by atoms with Gasteiger partial charge in [0.1, 0.15) is 0 Å². The van der Waals surface area contributed by atoms with Crippen LogP contribution in [0.1, 0.15) is 12.0 Å². The smallest absolute Gasteiger partial charge is 0.206 e. The Morgan fingerprint density at radius 2 is 1.77 bits per heavy atom. The molecule has 0 bridgehead atoms. The Balaban J connectivity index is 2.44. The summed E-state index contributed by atoms with van der Waals surface area (Å²) in [5, 5.41) is -0.257. The highest BCUT2D eigenvalue weighted by Crippen LogP contribution is 2.22. The molecular weight excluding hydrogens is 238 g/mol. The maximum atomic E-state index is 12.8. The third-order valence-corrected chi connectivity index (χ3v) is 2.64. The third-order valence-electron chi connectivity index (χ3n) is 1.82. The van der Waals surface area contributed by atoms with Crippen molar-refractivity contribution in [3.05, 3.63) is 35.9 Å². The van der Waals surface area contributed by atoms with E-state index in [-0.39, 0.29) is 11.8 Å². The summed E-state index contributed by atoms with van der Waals surface area (Å²) in [5.74, 6) is -2.59. The second-order valence-electron chi connectivity index (χ2n) is 2.98. The molecule has 3 heteroatoms. The number of alkyl halides is 3. The highest BCUT2D eigenvalue weighted by molar-refractivity contribution is 9.09. The standard InChI is InChI=1S/C10H11BrF2/c11-8-10(12,13)7-6-9-4-2-1-3-5-9/h1-5H,6-8H2. The number of hydrogen-bond donors (Lipinski definition) is 0. The van der Waals surface area contributed by atoms with Gasteiger partial charge in [0.05, 0.1) is 5.33 Å². The zero-order valence-electron chi connectivity index (χ0n) is 7.14. The number of benzene rings is 1. The van der Waals surface area contributed by atoms with E-state index < -0.39 is 5.92 Å². The van der Waals surface area contributed by atoms with Gasteiger partial charge in [-0.3, -0.25) is 0 Å². The molecule has 0 fully saturated rings. The summed E-state index contributed by atoms with van der Waals surface area (Å²) in [4.78, 5) is 0. The molecule has 1 aromatic carbocycles. The predicted octanol–water partition coefficient (Wildman–Crippen LogP) is 3.65. The van der Waals surface area contributed by atoms with Crippen LogP contribution in [-0.4, -0.2) is 11.3 Å². The maximum Gasteiger partial charge on any atom is 0.258 e. The van der Waals surface area contributed by atoms with E-state index in [0.717, 1.165) is 5.56 Å². The maximum absolute atomic E-state index is 12.8. The van der Waals surface area contributed by atoms with Gasteiger partial charge in [0.25, 0.3) is 5.92 Å². The Hall–Kier alpha value is -0.440. The summed E-state index contributed by atoms with van der Waals surface area (Å²) in [6.45, 7) is 0. The van der Waals surface area contributed by atoms with Crippen molar-refractivity contribution in [2.75, 3.05) is 5.33 Å². The van der Waals surface area contributed by atoms with Gasteiger partial charge in [-0.25, -0.2) is 8.78 Å². The average molecular weight is 249 g/mol. The topological polar surface area (TPSA) is 0 Å². The van der Waals surface area contributed by atoms with E-state index in [9.17, 15) is 8.78 Å². The van der Waals surface area contributed by atoms with Crippen LogP contribution in [0.2, 0.25) is 0 Å². The predicted molar refractivity (Wildman–Crippen MR) is 53.5 cm³/mol. The van der Waals surface area contributed by atoms with Gasteiger partial charge in [0, 0.05) is 6.42 Å². The largest absolute Gasteiger partial charge is 0.258 e. The average Bonchev–Trinajstić information content (AvgIpc) is 2.17. The summed E-state index contributed by atoms with van der Waals surface area (Å²) in [7, 11) is 0. The first-order chi connectivity index (χ1) is 6.14. The Labute approximate surface area is 85.1 Å². The van der Waals surface area contributed by atoms with Gasteiger partial charge in [-0.1, -0.05) is 46.3 Å². The molecule has 0 spiro atoms. The molecule has 0 radical (unpaired) electrons. The van der Waals surface area contributed by atoms with Gasteiger partial charge < -0.3 is 0 Å². The normalized spacial score (nSPS) is 11.6. The molecule has 0 aliphatic carbocycles. The first kappa shape index (κ1) is 10.6.